The van der Waals surface area contributed by atoms with E-state index in [9.17, 15) is 0 Å². The molecular weight excluding hydrogens is 228 g/mol. The second-order valence-corrected chi connectivity index (χ2v) is 7.01. The molecule has 110 valence electrons. The molecule has 0 heterocycles. The average molecular weight is 262 g/mol. The van der Waals surface area contributed by atoms with Crippen molar-refractivity contribution in [1.82, 2.24) is 0 Å². The fourth-order valence-electron chi connectivity index (χ4n) is 4.12. The van der Waals surface area contributed by atoms with Crippen molar-refractivity contribution in [1.29, 1.82) is 0 Å². The van der Waals surface area contributed by atoms with Crippen LogP contribution in [0.2, 0.25) is 0 Å². The summed E-state index contributed by atoms with van der Waals surface area (Å²) in [5.41, 5.74) is 0. The molecule has 3 atom stereocenters. The van der Waals surface area contributed by atoms with E-state index < -0.39 is 0 Å². The number of unbranched alkanes of at least 4 members (excludes halogenated alkanes) is 9. The highest BCUT2D eigenvalue weighted by atomic mass is 14.4. The van der Waals surface area contributed by atoms with E-state index >= 15 is 0 Å². The van der Waals surface area contributed by atoms with Gasteiger partial charge in [-0.05, 0) is 37.0 Å². The van der Waals surface area contributed by atoms with E-state index in [4.69, 9.17) is 0 Å². The van der Waals surface area contributed by atoms with Gasteiger partial charge in [0.1, 0.15) is 0 Å². The first-order valence-corrected chi connectivity index (χ1v) is 9.08. The number of rotatable bonds is 11. The molecule has 0 N–H and O–H groups in total. The van der Waals surface area contributed by atoms with Crippen molar-refractivity contribution in [2.75, 3.05) is 0 Å². The van der Waals surface area contributed by atoms with E-state index in [0.717, 1.165) is 17.8 Å². The molecule has 0 saturated heterocycles. The highest BCUT2D eigenvalue weighted by Crippen LogP contribution is 2.45. The lowest BCUT2D eigenvalue weighted by molar-refractivity contribution is 0.393. The Bertz CT molecular complexity index is 253. The molecule has 1 saturated carbocycles. The first-order valence-electron chi connectivity index (χ1n) is 9.08. The largest absolute Gasteiger partial charge is 0.0851 e. The molecule has 2 aliphatic carbocycles. The SMILES string of the molecule is CCCCCCCCCCCCC1CC2C=CC1C2. The Morgan fingerprint density at radius 3 is 1.89 bits per heavy atom. The lowest BCUT2D eigenvalue weighted by atomic mass is 9.88. The smallest absolute Gasteiger partial charge is 0.0199 e. The quantitative estimate of drug-likeness (QED) is 0.294. The van der Waals surface area contributed by atoms with Crippen molar-refractivity contribution in [3.05, 3.63) is 12.2 Å². The third-order valence-corrected chi connectivity index (χ3v) is 5.34. The van der Waals surface area contributed by atoms with Gasteiger partial charge in [0.05, 0.1) is 0 Å². The molecule has 2 rings (SSSR count). The van der Waals surface area contributed by atoms with Crippen molar-refractivity contribution in [3.8, 4) is 0 Å². The van der Waals surface area contributed by atoms with Gasteiger partial charge in [-0.25, -0.2) is 0 Å². The molecule has 19 heavy (non-hydrogen) atoms. The van der Waals surface area contributed by atoms with E-state index in [1.165, 1.54) is 83.5 Å². The second kappa shape index (κ2) is 8.82. The summed E-state index contributed by atoms with van der Waals surface area (Å²) in [6, 6.07) is 0. The number of hydrogen-bond acceptors (Lipinski definition) is 0. The van der Waals surface area contributed by atoms with E-state index in [0.29, 0.717) is 0 Å². The van der Waals surface area contributed by atoms with Crippen molar-refractivity contribution >= 4 is 0 Å². The third-order valence-electron chi connectivity index (χ3n) is 5.34. The maximum Gasteiger partial charge on any atom is -0.0199 e. The van der Waals surface area contributed by atoms with Crippen molar-refractivity contribution in [3.63, 3.8) is 0 Å². The highest BCUT2D eigenvalue weighted by Gasteiger charge is 2.34. The summed E-state index contributed by atoms with van der Waals surface area (Å²) in [6.07, 6.45) is 24.2. The zero-order valence-electron chi connectivity index (χ0n) is 13.1. The maximum absolute atomic E-state index is 2.51. The molecule has 0 radical (unpaired) electrons. The van der Waals surface area contributed by atoms with Gasteiger partial charge in [0.2, 0.25) is 0 Å². The minimum absolute atomic E-state index is 0.970. The van der Waals surface area contributed by atoms with Gasteiger partial charge in [0.15, 0.2) is 0 Å². The summed E-state index contributed by atoms with van der Waals surface area (Å²) in [4.78, 5) is 0. The van der Waals surface area contributed by atoms with Crippen LogP contribution in [0.1, 0.15) is 90.4 Å². The van der Waals surface area contributed by atoms with Gasteiger partial charge in [-0.2, -0.15) is 0 Å². The van der Waals surface area contributed by atoms with Gasteiger partial charge >= 0.3 is 0 Å². The molecule has 0 heteroatoms. The molecule has 0 aromatic heterocycles. The standard InChI is InChI=1S/C19H34/c1-2-3-4-5-6-7-8-9-10-11-12-18-15-17-13-14-19(18)16-17/h13-14,17-19H,2-12,15-16H2,1H3. The Kier molecular flexibility index (Phi) is 7.03. The molecule has 2 aliphatic rings. The molecule has 0 aliphatic heterocycles. The zero-order valence-corrected chi connectivity index (χ0v) is 13.1. The summed E-state index contributed by atoms with van der Waals surface area (Å²) < 4.78 is 0. The number of allylic oxidation sites excluding steroid dienone is 2. The average Bonchev–Trinajstić information content (AvgIpc) is 3.03. The van der Waals surface area contributed by atoms with E-state index in [-0.39, 0.29) is 0 Å². The van der Waals surface area contributed by atoms with Crippen molar-refractivity contribution < 1.29 is 0 Å². The Labute approximate surface area is 121 Å². The number of fused-ring (bicyclic) bond motifs is 2. The van der Waals surface area contributed by atoms with Crippen LogP contribution in [0.15, 0.2) is 12.2 Å². The van der Waals surface area contributed by atoms with Crippen LogP contribution in [0, 0.1) is 17.8 Å². The number of hydrogen-bond donors (Lipinski definition) is 0. The minimum Gasteiger partial charge on any atom is -0.0851 e. The Balaban J connectivity index is 1.34. The predicted octanol–water partition coefficient (Wildman–Crippen LogP) is 6.51. The molecule has 0 aromatic rings. The topological polar surface area (TPSA) is 0 Å². The summed E-state index contributed by atoms with van der Waals surface area (Å²) in [7, 11) is 0. The van der Waals surface area contributed by atoms with Gasteiger partial charge in [0, 0.05) is 0 Å². The third kappa shape index (κ3) is 5.32. The molecule has 3 unspecified atom stereocenters. The fraction of sp³-hybridized carbons (Fsp3) is 0.895. The predicted molar refractivity (Wildman–Crippen MR) is 85.3 cm³/mol. The lowest BCUT2D eigenvalue weighted by Crippen LogP contribution is -2.06. The highest BCUT2D eigenvalue weighted by molar-refractivity contribution is 5.09. The molecule has 0 nitrogen and oxygen atoms in total. The van der Waals surface area contributed by atoms with E-state index in [1.54, 1.807) is 0 Å². The Morgan fingerprint density at radius 1 is 0.737 bits per heavy atom. The van der Waals surface area contributed by atoms with Crippen LogP contribution in [0.4, 0.5) is 0 Å². The summed E-state index contributed by atoms with van der Waals surface area (Å²) >= 11 is 0. The van der Waals surface area contributed by atoms with E-state index in [2.05, 4.69) is 19.1 Å². The first-order chi connectivity index (χ1) is 9.40. The monoisotopic (exact) mass is 262 g/mol. The molecule has 2 bridgehead atoms. The van der Waals surface area contributed by atoms with Gasteiger partial charge in [-0.15, -0.1) is 0 Å². The van der Waals surface area contributed by atoms with Gasteiger partial charge in [-0.3, -0.25) is 0 Å². The minimum atomic E-state index is 0.970. The summed E-state index contributed by atoms with van der Waals surface area (Å²) in [6.45, 7) is 2.30. The summed E-state index contributed by atoms with van der Waals surface area (Å²) in [5, 5.41) is 0. The van der Waals surface area contributed by atoms with Crippen molar-refractivity contribution in [2.24, 2.45) is 17.8 Å². The van der Waals surface area contributed by atoms with Crippen LogP contribution >= 0.6 is 0 Å². The van der Waals surface area contributed by atoms with Gasteiger partial charge < -0.3 is 0 Å². The van der Waals surface area contributed by atoms with Crippen LogP contribution in [-0.2, 0) is 0 Å². The van der Waals surface area contributed by atoms with Crippen LogP contribution in [0.25, 0.3) is 0 Å². The van der Waals surface area contributed by atoms with Gasteiger partial charge in [0.25, 0.3) is 0 Å². The molecular formula is C19H34. The normalized spacial score (nSPS) is 28.4. The molecule has 0 spiro atoms. The summed E-state index contributed by atoms with van der Waals surface area (Å²) in [5.74, 6) is 3.01. The van der Waals surface area contributed by atoms with Crippen LogP contribution in [0.5, 0.6) is 0 Å². The molecule has 1 fully saturated rings. The van der Waals surface area contributed by atoms with Crippen LogP contribution in [-0.4, -0.2) is 0 Å². The van der Waals surface area contributed by atoms with Crippen LogP contribution < -0.4 is 0 Å². The molecule has 0 aromatic carbocycles. The maximum atomic E-state index is 2.51. The van der Waals surface area contributed by atoms with Crippen molar-refractivity contribution in [2.45, 2.75) is 90.4 Å². The Morgan fingerprint density at radius 2 is 1.37 bits per heavy atom. The van der Waals surface area contributed by atoms with Crippen LogP contribution in [0.3, 0.4) is 0 Å². The zero-order chi connectivity index (χ0) is 13.3. The molecule has 0 amide bonds. The van der Waals surface area contributed by atoms with E-state index in [1.807, 2.05) is 0 Å². The first kappa shape index (κ1) is 15.1. The second-order valence-electron chi connectivity index (χ2n) is 7.01. The lowest BCUT2D eigenvalue weighted by Gasteiger charge is -2.17. The fourth-order valence-corrected chi connectivity index (χ4v) is 4.12. The van der Waals surface area contributed by atoms with Gasteiger partial charge in [-0.1, -0.05) is 83.3 Å². The Hall–Kier alpha value is -0.260.